The molecule has 0 aliphatic carbocycles. The van der Waals surface area contributed by atoms with Crippen LogP contribution in [0.1, 0.15) is 44.6 Å². The van der Waals surface area contributed by atoms with Gasteiger partial charge in [0.1, 0.15) is 6.04 Å². The van der Waals surface area contributed by atoms with Crippen molar-refractivity contribution in [2.24, 2.45) is 0 Å². The van der Waals surface area contributed by atoms with Crippen LogP contribution in [0.15, 0.2) is 65.8 Å². The van der Waals surface area contributed by atoms with Gasteiger partial charge in [0.25, 0.3) is 0 Å². The molecule has 1 N–H and O–H groups in total. The van der Waals surface area contributed by atoms with E-state index in [0.717, 1.165) is 23.1 Å². The number of hydrogen-bond donors (Lipinski definition) is 1. The zero-order valence-electron chi connectivity index (χ0n) is 19.7. The average molecular weight is 453 g/mol. The van der Waals surface area contributed by atoms with Crippen LogP contribution in [-0.2, 0) is 11.3 Å². The summed E-state index contributed by atoms with van der Waals surface area (Å²) in [7, 11) is 4.29. The number of anilines is 1. The summed E-state index contributed by atoms with van der Waals surface area (Å²) >= 11 is 1.46. The lowest BCUT2D eigenvalue weighted by Gasteiger charge is -2.26. The third-order valence-electron chi connectivity index (χ3n) is 5.49. The number of nitrogens with zero attached hydrogens (tertiary/aromatic N) is 4. The maximum Gasteiger partial charge on any atom is 0.237 e. The van der Waals surface area contributed by atoms with Gasteiger partial charge >= 0.3 is 0 Å². The lowest BCUT2D eigenvalue weighted by Crippen LogP contribution is -3.06. The number of quaternary nitrogens is 1. The molecule has 0 unspecified atom stereocenters. The highest BCUT2D eigenvalue weighted by Crippen LogP contribution is 2.24. The number of rotatable bonds is 10. The highest BCUT2D eigenvalue weighted by Gasteiger charge is 2.26. The van der Waals surface area contributed by atoms with Crippen LogP contribution in [0.4, 0.5) is 5.69 Å². The lowest BCUT2D eigenvalue weighted by molar-refractivity contribution is -0.893. The molecule has 0 radical (unpaired) electrons. The van der Waals surface area contributed by atoms with Crippen LogP contribution >= 0.6 is 11.8 Å². The lowest BCUT2D eigenvalue weighted by atomic mass is 10.2. The van der Waals surface area contributed by atoms with Gasteiger partial charge in [0, 0.05) is 18.2 Å². The molecule has 0 bridgehead atoms. The Balaban J connectivity index is 1.85. The standard InChI is InChI=1S/C25H33N5OS/c1-6-22(28(4)5)24-26-27-25(29(24)17-20-13-9-7-10-14-20)32-18-23(31)30(19(2)3)21-15-11-8-12-16-21/h7-16,19,22H,6,17-18H2,1-5H3/p+1/t22-/m0/s1. The van der Waals surface area contributed by atoms with E-state index in [1.165, 1.54) is 22.2 Å². The van der Waals surface area contributed by atoms with Gasteiger partial charge in [0.2, 0.25) is 5.91 Å². The average Bonchev–Trinajstić information content (AvgIpc) is 3.16. The number of para-hydroxylation sites is 1. The molecule has 1 amide bonds. The molecule has 170 valence electrons. The van der Waals surface area contributed by atoms with E-state index in [1.54, 1.807) is 0 Å². The highest BCUT2D eigenvalue weighted by atomic mass is 32.2. The summed E-state index contributed by atoms with van der Waals surface area (Å²) in [5.74, 6) is 1.35. The summed E-state index contributed by atoms with van der Waals surface area (Å²) in [5.41, 5.74) is 2.11. The van der Waals surface area contributed by atoms with E-state index in [0.29, 0.717) is 12.3 Å². The van der Waals surface area contributed by atoms with Crippen molar-refractivity contribution in [3.63, 3.8) is 0 Å². The zero-order valence-corrected chi connectivity index (χ0v) is 20.5. The van der Waals surface area contributed by atoms with E-state index in [2.05, 4.69) is 47.9 Å². The van der Waals surface area contributed by atoms with Crippen molar-refractivity contribution in [3.8, 4) is 0 Å². The highest BCUT2D eigenvalue weighted by molar-refractivity contribution is 7.99. The Morgan fingerprint density at radius 2 is 1.66 bits per heavy atom. The minimum atomic E-state index is 0.0669. The molecule has 1 atom stereocenters. The Bertz CT molecular complexity index is 988. The number of benzene rings is 2. The molecule has 1 aromatic heterocycles. The Morgan fingerprint density at radius 1 is 1.03 bits per heavy atom. The molecule has 1 heterocycles. The summed E-state index contributed by atoms with van der Waals surface area (Å²) in [5, 5.41) is 9.86. The monoisotopic (exact) mass is 452 g/mol. The van der Waals surface area contributed by atoms with Crippen LogP contribution in [0.5, 0.6) is 0 Å². The van der Waals surface area contributed by atoms with Crippen molar-refractivity contribution in [1.82, 2.24) is 14.8 Å². The van der Waals surface area contributed by atoms with Gasteiger partial charge in [-0.2, -0.15) is 0 Å². The fourth-order valence-corrected chi connectivity index (χ4v) is 4.75. The largest absolute Gasteiger partial charge is 0.331 e. The summed E-state index contributed by atoms with van der Waals surface area (Å²) in [6, 6.07) is 20.5. The van der Waals surface area contributed by atoms with E-state index in [-0.39, 0.29) is 18.0 Å². The maximum absolute atomic E-state index is 13.2. The van der Waals surface area contributed by atoms with Gasteiger partial charge in [-0.05, 0) is 31.5 Å². The van der Waals surface area contributed by atoms with Gasteiger partial charge in [-0.25, -0.2) is 0 Å². The maximum atomic E-state index is 13.2. The summed E-state index contributed by atoms with van der Waals surface area (Å²) in [4.78, 5) is 16.3. The molecule has 3 rings (SSSR count). The second kappa shape index (κ2) is 11.3. The topological polar surface area (TPSA) is 55.5 Å². The van der Waals surface area contributed by atoms with E-state index < -0.39 is 0 Å². The van der Waals surface area contributed by atoms with Crippen LogP contribution < -0.4 is 9.80 Å². The van der Waals surface area contributed by atoms with Crippen LogP contribution in [0, 0.1) is 0 Å². The second-order valence-electron chi connectivity index (χ2n) is 8.43. The van der Waals surface area contributed by atoms with Crippen LogP contribution in [0.25, 0.3) is 0 Å². The van der Waals surface area contributed by atoms with Crippen molar-refractivity contribution in [2.45, 2.75) is 51.0 Å². The Hall–Kier alpha value is -2.64. The van der Waals surface area contributed by atoms with Gasteiger partial charge in [-0.3, -0.25) is 9.36 Å². The molecule has 0 aliphatic heterocycles. The molecule has 0 aliphatic rings. The molecule has 6 nitrogen and oxygen atoms in total. The van der Waals surface area contributed by atoms with Crippen molar-refractivity contribution >= 4 is 23.4 Å². The van der Waals surface area contributed by atoms with Crippen molar-refractivity contribution in [2.75, 3.05) is 24.7 Å². The number of carbonyl (C=O) groups is 1. The normalized spacial score (nSPS) is 12.3. The first-order chi connectivity index (χ1) is 15.4. The minimum Gasteiger partial charge on any atom is -0.331 e. The molecule has 2 aromatic carbocycles. The summed E-state index contributed by atoms with van der Waals surface area (Å²) in [6.45, 7) is 6.94. The van der Waals surface area contributed by atoms with Crippen molar-refractivity contribution < 1.29 is 9.69 Å². The van der Waals surface area contributed by atoms with E-state index in [1.807, 2.05) is 67.3 Å². The number of nitrogens with one attached hydrogen (secondary N) is 1. The third-order valence-corrected chi connectivity index (χ3v) is 6.44. The molecule has 0 saturated heterocycles. The fourth-order valence-electron chi connectivity index (χ4n) is 3.94. The van der Waals surface area contributed by atoms with E-state index >= 15 is 0 Å². The van der Waals surface area contributed by atoms with Gasteiger partial charge in [0.15, 0.2) is 11.0 Å². The SMILES string of the molecule is CC[C@@H](c1nnc(SCC(=O)N(c2ccccc2)C(C)C)n1Cc1ccccc1)[NH+](C)C. The second-order valence-corrected chi connectivity index (χ2v) is 9.37. The fraction of sp³-hybridized carbons (Fsp3) is 0.400. The van der Waals surface area contributed by atoms with Crippen LogP contribution in [0.2, 0.25) is 0 Å². The smallest absolute Gasteiger partial charge is 0.237 e. The number of aromatic nitrogens is 3. The number of carbonyl (C=O) groups excluding carboxylic acids is 1. The number of thioether (sulfide) groups is 1. The van der Waals surface area contributed by atoms with Gasteiger partial charge in [-0.1, -0.05) is 67.2 Å². The van der Waals surface area contributed by atoms with E-state index in [4.69, 9.17) is 0 Å². The van der Waals surface area contributed by atoms with Crippen molar-refractivity contribution in [1.29, 1.82) is 0 Å². The molecule has 0 spiro atoms. The van der Waals surface area contributed by atoms with Crippen LogP contribution in [0.3, 0.4) is 0 Å². The molecule has 0 fully saturated rings. The van der Waals surface area contributed by atoms with Gasteiger partial charge < -0.3 is 9.80 Å². The number of amides is 1. The quantitative estimate of drug-likeness (QED) is 0.479. The summed E-state index contributed by atoms with van der Waals surface area (Å²) < 4.78 is 2.18. The van der Waals surface area contributed by atoms with E-state index in [9.17, 15) is 4.79 Å². The molecular weight excluding hydrogens is 418 g/mol. The predicted molar refractivity (Wildman–Crippen MR) is 131 cm³/mol. The summed E-state index contributed by atoms with van der Waals surface area (Å²) in [6.07, 6.45) is 0.966. The first kappa shape index (κ1) is 24.0. The van der Waals surface area contributed by atoms with Gasteiger partial charge in [-0.15, -0.1) is 10.2 Å². The molecule has 32 heavy (non-hydrogen) atoms. The third kappa shape index (κ3) is 5.78. The molecule has 7 heteroatoms. The molecular formula is C25H34N5OS+. The van der Waals surface area contributed by atoms with Crippen LogP contribution in [-0.4, -0.2) is 46.6 Å². The number of hydrogen-bond acceptors (Lipinski definition) is 4. The Morgan fingerprint density at radius 3 is 2.22 bits per heavy atom. The molecule has 3 aromatic rings. The first-order valence-corrected chi connectivity index (χ1v) is 12.2. The Labute approximate surface area is 195 Å². The Kier molecular flexibility index (Phi) is 8.47. The molecule has 0 saturated carbocycles. The predicted octanol–water partition coefficient (Wildman–Crippen LogP) is 3.46. The minimum absolute atomic E-state index is 0.0669. The van der Waals surface area contributed by atoms with Crippen molar-refractivity contribution in [3.05, 3.63) is 72.1 Å². The zero-order chi connectivity index (χ0) is 23.1. The first-order valence-electron chi connectivity index (χ1n) is 11.2. The van der Waals surface area contributed by atoms with Gasteiger partial charge in [0.05, 0.1) is 26.4 Å².